The average molecular weight is 499 g/mol. The highest BCUT2D eigenvalue weighted by Gasteiger charge is 2.24. The van der Waals surface area contributed by atoms with Gasteiger partial charge in [0.05, 0.1) is 27.6 Å². The Labute approximate surface area is 218 Å². The van der Waals surface area contributed by atoms with E-state index in [1.165, 1.54) is 103 Å². The molecule has 0 aromatic carbocycles. The van der Waals surface area contributed by atoms with Crippen LogP contribution in [0.3, 0.4) is 0 Å². The summed E-state index contributed by atoms with van der Waals surface area (Å²) in [6.45, 7) is 5.21. The van der Waals surface area contributed by atoms with Crippen LogP contribution in [0.1, 0.15) is 142 Å². The summed E-state index contributed by atoms with van der Waals surface area (Å²) < 4.78 is 6.02. The van der Waals surface area contributed by atoms with Gasteiger partial charge in [0.25, 0.3) is 0 Å². The molecule has 2 unspecified atom stereocenters. The van der Waals surface area contributed by atoms with Gasteiger partial charge in [0.15, 0.2) is 6.10 Å². The number of ether oxygens (including phenoxy) is 1. The summed E-state index contributed by atoms with van der Waals surface area (Å²) in [5.41, 5.74) is 0. The molecule has 0 aliphatic carbocycles. The Morgan fingerprint density at radius 3 is 1.57 bits per heavy atom. The van der Waals surface area contributed by atoms with Crippen molar-refractivity contribution in [3.05, 3.63) is 0 Å². The van der Waals surface area contributed by atoms with Crippen LogP contribution in [0.25, 0.3) is 0 Å². The van der Waals surface area contributed by atoms with Crippen molar-refractivity contribution >= 4 is 11.9 Å². The fourth-order valence-corrected chi connectivity index (χ4v) is 4.79. The second kappa shape index (κ2) is 22.1. The van der Waals surface area contributed by atoms with Gasteiger partial charge in [-0.3, -0.25) is 9.59 Å². The van der Waals surface area contributed by atoms with E-state index in [-0.39, 0.29) is 12.4 Å². The monoisotopic (exact) mass is 498 g/mol. The number of hydrogen-bond donors (Lipinski definition) is 1. The second-order valence-corrected chi connectivity index (χ2v) is 11.9. The number of esters is 1. The molecule has 1 N–H and O–H groups in total. The minimum atomic E-state index is -0.922. The van der Waals surface area contributed by atoms with Gasteiger partial charge in [-0.2, -0.15) is 0 Å². The minimum Gasteiger partial charge on any atom is -0.481 e. The Morgan fingerprint density at radius 2 is 1.14 bits per heavy atom. The van der Waals surface area contributed by atoms with Gasteiger partial charge in [-0.25, -0.2) is 0 Å². The number of unbranched alkanes of at least 4 members (excludes halogenated alkanes) is 14. The first-order valence-electron chi connectivity index (χ1n) is 14.9. The number of carboxylic acid groups (broad SMARTS) is 1. The number of likely N-dealkylation sites (N-methyl/N-ethyl adjacent to an activating group) is 1. The quantitative estimate of drug-likeness (QED) is 0.0783. The fourth-order valence-electron chi connectivity index (χ4n) is 4.79. The van der Waals surface area contributed by atoms with Crippen LogP contribution in [-0.4, -0.2) is 55.3 Å². The summed E-state index contributed by atoms with van der Waals surface area (Å²) in [5.74, 6) is -0.313. The first-order valence-corrected chi connectivity index (χ1v) is 14.9. The van der Waals surface area contributed by atoms with Gasteiger partial charge in [0.1, 0.15) is 6.54 Å². The van der Waals surface area contributed by atoms with Crippen molar-refractivity contribution in [1.29, 1.82) is 0 Å². The molecule has 0 spiro atoms. The Morgan fingerprint density at radius 1 is 0.714 bits per heavy atom. The molecule has 5 heteroatoms. The number of nitrogens with zero attached hydrogens (tertiary/aromatic N) is 1. The van der Waals surface area contributed by atoms with E-state index in [2.05, 4.69) is 13.8 Å². The molecule has 0 rings (SSSR count). The smallest absolute Gasteiger partial charge is 0.307 e. The van der Waals surface area contributed by atoms with Gasteiger partial charge < -0.3 is 14.3 Å². The van der Waals surface area contributed by atoms with Gasteiger partial charge in [0, 0.05) is 6.42 Å². The lowest BCUT2D eigenvalue weighted by Gasteiger charge is -2.28. The third-order valence-corrected chi connectivity index (χ3v) is 6.83. The zero-order valence-electron chi connectivity index (χ0n) is 24.1. The third-order valence-electron chi connectivity index (χ3n) is 6.83. The van der Waals surface area contributed by atoms with Crippen molar-refractivity contribution in [3.8, 4) is 0 Å². The second-order valence-electron chi connectivity index (χ2n) is 11.9. The Kier molecular flexibility index (Phi) is 21.4. The van der Waals surface area contributed by atoms with E-state index in [1.54, 1.807) is 0 Å². The lowest BCUT2D eigenvalue weighted by Crippen LogP contribution is -2.43. The Hall–Kier alpha value is -1.10. The molecule has 5 nitrogen and oxygen atoms in total. The van der Waals surface area contributed by atoms with E-state index in [0.29, 0.717) is 17.4 Å². The fraction of sp³-hybridized carbons (Fsp3) is 0.933. The van der Waals surface area contributed by atoms with Crippen molar-refractivity contribution in [3.63, 3.8) is 0 Å². The van der Waals surface area contributed by atoms with Crippen LogP contribution >= 0.6 is 0 Å². The topological polar surface area (TPSA) is 63.6 Å². The van der Waals surface area contributed by atoms with Gasteiger partial charge >= 0.3 is 11.9 Å². The molecular formula is C30H60NO4+. The summed E-state index contributed by atoms with van der Waals surface area (Å²) in [5, 5.41) is 9.05. The van der Waals surface area contributed by atoms with Crippen molar-refractivity contribution in [2.45, 2.75) is 148 Å². The summed E-state index contributed by atoms with van der Waals surface area (Å²) in [6, 6.07) is 0. The lowest BCUT2D eigenvalue weighted by molar-refractivity contribution is -0.873. The molecule has 208 valence electrons. The third kappa shape index (κ3) is 25.8. The van der Waals surface area contributed by atoms with Crippen molar-refractivity contribution in [2.24, 2.45) is 5.92 Å². The van der Waals surface area contributed by atoms with Crippen LogP contribution in [-0.2, 0) is 14.3 Å². The lowest BCUT2D eigenvalue weighted by atomic mass is 9.95. The largest absolute Gasteiger partial charge is 0.481 e. The zero-order valence-corrected chi connectivity index (χ0v) is 24.1. The van der Waals surface area contributed by atoms with Gasteiger partial charge in [-0.1, -0.05) is 123 Å². The summed E-state index contributed by atoms with van der Waals surface area (Å²) in [6.07, 6.45) is 23.5. The maximum atomic E-state index is 12.1. The van der Waals surface area contributed by atoms with Crippen LogP contribution in [0.5, 0.6) is 0 Å². The van der Waals surface area contributed by atoms with Gasteiger partial charge in [-0.05, 0) is 12.3 Å². The van der Waals surface area contributed by atoms with Crippen LogP contribution in [0, 0.1) is 5.92 Å². The molecule has 0 bridgehead atoms. The highest BCUT2D eigenvalue weighted by Crippen LogP contribution is 2.19. The van der Waals surface area contributed by atoms with Gasteiger partial charge in [-0.15, -0.1) is 0 Å². The normalized spacial score (nSPS) is 13.5. The molecule has 35 heavy (non-hydrogen) atoms. The SMILES string of the molecule is CCCCCCCCCCCC(C)CCCCCCCCCC(=O)OC(CC(=O)O)C[N+](C)(C)C. The molecular weight excluding hydrogens is 438 g/mol. The molecule has 0 saturated carbocycles. The number of carbonyl (C=O) groups is 2. The highest BCUT2D eigenvalue weighted by atomic mass is 16.5. The van der Waals surface area contributed by atoms with Gasteiger partial charge in [0.2, 0.25) is 0 Å². The number of quaternary nitrogens is 1. The van der Waals surface area contributed by atoms with Crippen molar-refractivity contribution in [1.82, 2.24) is 0 Å². The summed E-state index contributed by atoms with van der Waals surface area (Å²) in [7, 11) is 5.92. The van der Waals surface area contributed by atoms with E-state index in [9.17, 15) is 9.59 Å². The van der Waals surface area contributed by atoms with Crippen LogP contribution in [0.2, 0.25) is 0 Å². The Bertz CT molecular complexity index is 515. The van der Waals surface area contributed by atoms with E-state index < -0.39 is 12.1 Å². The van der Waals surface area contributed by atoms with Crippen LogP contribution < -0.4 is 0 Å². The number of hydrogen-bond acceptors (Lipinski definition) is 3. The number of rotatable bonds is 25. The number of aliphatic carboxylic acids is 1. The average Bonchev–Trinajstić information content (AvgIpc) is 2.75. The number of carboxylic acids is 1. The minimum absolute atomic E-state index is 0.126. The van der Waals surface area contributed by atoms with E-state index in [1.807, 2.05) is 21.1 Å². The van der Waals surface area contributed by atoms with Crippen LogP contribution in [0.15, 0.2) is 0 Å². The molecule has 0 aliphatic heterocycles. The summed E-state index contributed by atoms with van der Waals surface area (Å²) >= 11 is 0. The summed E-state index contributed by atoms with van der Waals surface area (Å²) in [4.78, 5) is 23.2. The molecule has 0 heterocycles. The van der Waals surface area contributed by atoms with Crippen LogP contribution in [0.4, 0.5) is 0 Å². The molecule has 0 radical (unpaired) electrons. The first kappa shape index (κ1) is 33.9. The number of carbonyl (C=O) groups excluding carboxylic acids is 1. The molecule has 0 amide bonds. The molecule has 0 aromatic heterocycles. The van der Waals surface area contributed by atoms with Crippen molar-refractivity contribution < 1.29 is 23.9 Å². The predicted octanol–water partition coefficient (Wildman–Crippen LogP) is 8.15. The molecule has 0 aromatic rings. The maximum Gasteiger partial charge on any atom is 0.307 e. The highest BCUT2D eigenvalue weighted by molar-refractivity contribution is 5.71. The molecule has 0 fully saturated rings. The van der Waals surface area contributed by atoms with E-state index in [0.717, 1.165) is 18.8 Å². The first-order chi connectivity index (χ1) is 16.6. The molecule has 2 atom stereocenters. The Balaban J connectivity index is 3.57. The van der Waals surface area contributed by atoms with E-state index >= 15 is 0 Å². The van der Waals surface area contributed by atoms with Crippen molar-refractivity contribution in [2.75, 3.05) is 27.7 Å². The molecule has 0 aliphatic rings. The van der Waals surface area contributed by atoms with E-state index in [4.69, 9.17) is 9.84 Å². The predicted molar refractivity (Wildman–Crippen MR) is 148 cm³/mol. The molecule has 0 saturated heterocycles. The standard InChI is InChI=1S/C30H59NO4/c1-6-7-8-9-10-11-13-16-19-22-27(2)23-20-17-14-12-15-18-21-24-30(34)35-28(25-29(32)33)26-31(3,4)5/h27-28H,6-26H2,1-5H3/p+1. The maximum absolute atomic E-state index is 12.1. The zero-order chi connectivity index (χ0) is 26.4.